The number of rotatable bonds is 5. The highest BCUT2D eigenvalue weighted by atomic mass is 35.5. The molecule has 0 atom stereocenters. The van der Waals surface area contributed by atoms with Gasteiger partial charge in [-0.05, 0) is 42.5 Å². The van der Waals surface area contributed by atoms with Gasteiger partial charge in [0.1, 0.15) is 17.3 Å². The fourth-order valence-electron chi connectivity index (χ4n) is 2.80. The van der Waals surface area contributed by atoms with Gasteiger partial charge in [0.25, 0.3) is 5.91 Å². The number of carbonyl (C=O) groups excluding carboxylic acids is 1. The zero-order valence-corrected chi connectivity index (χ0v) is 15.4. The molecule has 0 fully saturated rings. The number of benzene rings is 2. The molecule has 2 aromatic heterocycles. The van der Waals surface area contributed by atoms with Gasteiger partial charge in [-0.2, -0.15) is 0 Å². The first-order valence-electron chi connectivity index (χ1n) is 8.60. The molecule has 2 heterocycles. The summed E-state index contributed by atoms with van der Waals surface area (Å²) < 4.78 is 13.1. The van der Waals surface area contributed by atoms with Crippen molar-refractivity contribution in [2.24, 2.45) is 0 Å². The van der Waals surface area contributed by atoms with Gasteiger partial charge in [-0.3, -0.25) is 4.79 Å². The number of fused-ring (bicyclic) bond motifs is 1. The van der Waals surface area contributed by atoms with Crippen LogP contribution in [0.1, 0.15) is 16.2 Å². The van der Waals surface area contributed by atoms with Crippen molar-refractivity contribution in [3.63, 3.8) is 0 Å². The number of nitrogens with one attached hydrogen (secondary N) is 2. The lowest BCUT2D eigenvalue weighted by molar-refractivity contribution is 0.0954. The molecule has 4 rings (SSSR count). The first-order valence-corrected chi connectivity index (χ1v) is 8.97. The van der Waals surface area contributed by atoms with Crippen LogP contribution in [-0.2, 0) is 6.42 Å². The zero-order chi connectivity index (χ0) is 19.5. The summed E-state index contributed by atoms with van der Waals surface area (Å²) in [5, 5.41) is 3.03. The van der Waals surface area contributed by atoms with Crippen molar-refractivity contribution < 1.29 is 9.18 Å². The Kier molecular flexibility index (Phi) is 4.99. The van der Waals surface area contributed by atoms with Crippen LogP contribution in [-0.4, -0.2) is 32.4 Å². The lowest BCUT2D eigenvalue weighted by atomic mass is 10.1. The van der Waals surface area contributed by atoms with E-state index >= 15 is 0 Å². The van der Waals surface area contributed by atoms with Crippen molar-refractivity contribution in [1.29, 1.82) is 0 Å². The van der Waals surface area contributed by atoms with Crippen LogP contribution in [0.4, 0.5) is 4.39 Å². The third-order valence-corrected chi connectivity index (χ3v) is 4.47. The molecule has 6 nitrogen and oxygen atoms in total. The topological polar surface area (TPSA) is 83.6 Å². The predicted molar refractivity (Wildman–Crippen MR) is 105 cm³/mol. The van der Waals surface area contributed by atoms with Gasteiger partial charge in [0.2, 0.25) is 0 Å². The molecule has 0 radical (unpaired) electrons. The van der Waals surface area contributed by atoms with Crippen molar-refractivity contribution in [1.82, 2.24) is 25.3 Å². The van der Waals surface area contributed by atoms with Crippen LogP contribution in [0.15, 0.2) is 54.9 Å². The Balaban J connectivity index is 1.54. The number of aromatic nitrogens is 4. The van der Waals surface area contributed by atoms with Crippen molar-refractivity contribution >= 4 is 28.5 Å². The van der Waals surface area contributed by atoms with E-state index < -0.39 is 0 Å². The standard InChI is InChI=1S/C20H15ClFN5O/c21-19-18(12-1-4-14(22)5-2-12)26-15-6-3-13(11-16(15)27-19)20(28)25-8-7-17-23-9-10-24-17/h1-6,9-11H,7-8H2,(H,23,24)(H,25,28). The minimum Gasteiger partial charge on any atom is -0.352 e. The fraction of sp³-hybridized carbons (Fsp3) is 0.100. The van der Waals surface area contributed by atoms with E-state index in [-0.39, 0.29) is 16.9 Å². The van der Waals surface area contributed by atoms with E-state index in [0.717, 1.165) is 5.82 Å². The molecule has 0 unspecified atom stereocenters. The van der Waals surface area contributed by atoms with Gasteiger partial charge in [0.05, 0.1) is 11.0 Å². The van der Waals surface area contributed by atoms with Crippen molar-refractivity contribution in [3.8, 4) is 11.3 Å². The summed E-state index contributed by atoms with van der Waals surface area (Å²) in [6.45, 7) is 0.459. The molecule has 4 aromatic rings. The van der Waals surface area contributed by atoms with E-state index in [1.807, 2.05) is 0 Å². The Labute approximate surface area is 164 Å². The molecule has 0 aliphatic heterocycles. The third kappa shape index (κ3) is 3.84. The van der Waals surface area contributed by atoms with Crippen LogP contribution >= 0.6 is 11.6 Å². The number of amides is 1. The maximum atomic E-state index is 13.1. The van der Waals surface area contributed by atoms with Crippen LogP contribution < -0.4 is 5.32 Å². The largest absolute Gasteiger partial charge is 0.352 e. The van der Waals surface area contributed by atoms with Crippen LogP contribution in [0, 0.1) is 5.82 Å². The average Bonchev–Trinajstić information content (AvgIpc) is 3.21. The molecule has 0 spiro atoms. The molecule has 0 aliphatic rings. The monoisotopic (exact) mass is 395 g/mol. The number of aromatic amines is 1. The maximum Gasteiger partial charge on any atom is 0.251 e. The van der Waals surface area contributed by atoms with E-state index in [2.05, 4.69) is 25.3 Å². The number of hydrogen-bond acceptors (Lipinski definition) is 4. The lowest BCUT2D eigenvalue weighted by Gasteiger charge is -2.08. The summed E-state index contributed by atoms with van der Waals surface area (Å²) in [5.74, 6) is 0.259. The van der Waals surface area contributed by atoms with Crippen molar-refractivity contribution in [2.75, 3.05) is 6.54 Å². The smallest absolute Gasteiger partial charge is 0.251 e. The second-order valence-electron chi connectivity index (χ2n) is 6.12. The highest BCUT2D eigenvalue weighted by molar-refractivity contribution is 6.32. The summed E-state index contributed by atoms with van der Waals surface area (Å²) >= 11 is 6.27. The van der Waals surface area contributed by atoms with E-state index in [1.54, 1.807) is 42.7 Å². The molecule has 1 amide bonds. The molecule has 2 aromatic carbocycles. The Bertz CT molecular complexity index is 1130. The second kappa shape index (κ2) is 7.74. The van der Waals surface area contributed by atoms with Crippen molar-refractivity contribution in [3.05, 3.63) is 77.2 Å². The molecular weight excluding hydrogens is 381 g/mol. The van der Waals surface area contributed by atoms with E-state index in [0.29, 0.717) is 40.8 Å². The zero-order valence-electron chi connectivity index (χ0n) is 14.6. The number of nitrogens with zero attached hydrogens (tertiary/aromatic N) is 3. The van der Waals surface area contributed by atoms with Gasteiger partial charge < -0.3 is 10.3 Å². The molecule has 0 saturated carbocycles. The van der Waals surface area contributed by atoms with Crippen LogP contribution in [0.2, 0.25) is 5.15 Å². The van der Waals surface area contributed by atoms with Gasteiger partial charge in [0, 0.05) is 36.5 Å². The molecule has 0 bridgehead atoms. The maximum absolute atomic E-state index is 13.1. The van der Waals surface area contributed by atoms with Gasteiger partial charge in [-0.25, -0.2) is 19.3 Å². The molecule has 28 heavy (non-hydrogen) atoms. The normalized spacial score (nSPS) is 10.9. The van der Waals surface area contributed by atoms with E-state index in [9.17, 15) is 9.18 Å². The minimum absolute atomic E-state index is 0.189. The summed E-state index contributed by atoms with van der Waals surface area (Å²) in [5.41, 5.74) is 2.70. The van der Waals surface area contributed by atoms with Crippen LogP contribution in [0.25, 0.3) is 22.3 Å². The number of imidazole rings is 1. The van der Waals surface area contributed by atoms with Gasteiger partial charge >= 0.3 is 0 Å². The lowest BCUT2D eigenvalue weighted by Crippen LogP contribution is -2.25. The summed E-state index contributed by atoms with van der Waals surface area (Å²) in [7, 11) is 0. The Hall–Kier alpha value is -3.32. The second-order valence-corrected chi connectivity index (χ2v) is 6.47. The number of carbonyl (C=O) groups is 1. The first-order chi connectivity index (χ1) is 13.6. The van der Waals surface area contributed by atoms with Crippen molar-refractivity contribution in [2.45, 2.75) is 6.42 Å². The molecule has 2 N–H and O–H groups in total. The van der Waals surface area contributed by atoms with Gasteiger partial charge in [-0.1, -0.05) is 11.6 Å². The van der Waals surface area contributed by atoms with Gasteiger partial charge in [-0.15, -0.1) is 0 Å². The number of H-pyrrole nitrogens is 1. The Morgan fingerprint density at radius 1 is 1.11 bits per heavy atom. The highest BCUT2D eigenvalue weighted by Gasteiger charge is 2.12. The Morgan fingerprint density at radius 2 is 1.93 bits per heavy atom. The minimum atomic E-state index is -0.337. The van der Waals surface area contributed by atoms with E-state index in [1.165, 1.54) is 12.1 Å². The Morgan fingerprint density at radius 3 is 2.68 bits per heavy atom. The SMILES string of the molecule is O=C(NCCc1ncc[nH]1)c1ccc2nc(-c3ccc(F)cc3)c(Cl)nc2c1. The molecular formula is C20H15ClFN5O. The summed E-state index contributed by atoms with van der Waals surface area (Å²) in [4.78, 5) is 28.3. The molecule has 0 saturated heterocycles. The predicted octanol–water partition coefficient (Wildman–Crippen LogP) is 3.78. The van der Waals surface area contributed by atoms with E-state index in [4.69, 9.17) is 11.6 Å². The fourth-order valence-corrected chi connectivity index (χ4v) is 3.04. The highest BCUT2D eigenvalue weighted by Crippen LogP contribution is 2.27. The quantitative estimate of drug-likeness (QED) is 0.538. The first kappa shape index (κ1) is 18.1. The third-order valence-electron chi connectivity index (χ3n) is 4.20. The number of hydrogen-bond donors (Lipinski definition) is 2. The van der Waals surface area contributed by atoms with Crippen LogP contribution in [0.3, 0.4) is 0 Å². The van der Waals surface area contributed by atoms with Gasteiger partial charge in [0.15, 0.2) is 5.15 Å². The molecule has 140 valence electrons. The summed E-state index contributed by atoms with van der Waals surface area (Å²) in [6, 6.07) is 10.9. The average molecular weight is 396 g/mol. The summed E-state index contributed by atoms with van der Waals surface area (Å²) in [6.07, 6.45) is 4.02. The molecule has 8 heteroatoms. The van der Waals surface area contributed by atoms with Crippen LogP contribution in [0.5, 0.6) is 0 Å². The molecule has 0 aliphatic carbocycles. The number of halogens is 2.